The van der Waals surface area contributed by atoms with Crippen molar-refractivity contribution >= 4 is 6.08 Å². The van der Waals surface area contributed by atoms with E-state index in [1.54, 1.807) is 0 Å². The van der Waals surface area contributed by atoms with Crippen LogP contribution in [0.3, 0.4) is 0 Å². The van der Waals surface area contributed by atoms with Gasteiger partial charge in [0.1, 0.15) is 54.2 Å². The molecule has 3 aliphatic rings. The van der Waals surface area contributed by atoms with Gasteiger partial charge in [-0.05, 0) is 25.1 Å². The molecular formula is C27H32O16. The van der Waals surface area contributed by atoms with E-state index < -0.39 is 103 Å². The summed E-state index contributed by atoms with van der Waals surface area (Å²) in [4.78, 5) is 0. The summed E-state index contributed by atoms with van der Waals surface area (Å²) in [6.45, 7) is 0.886. The summed E-state index contributed by atoms with van der Waals surface area (Å²) in [6.07, 6.45) is -15.7. The van der Waals surface area contributed by atoms with Gasteiger partial charge in [-0.2, -0.15) is 0 Å². The molecule has 2 aromatic rings. The third-order valence-corrected chi connectivity index (χ3v) is 7.50. The van der Waals surface area contributed by atoms with Crippen LogP contribution in [0.1, 0.15) is 24.2 Å². The first kappa shape index (κ1) is 30.9. The Labute approximate surface area is 243 Å². The second-order valence-corrected chi connectivity index (χ2v) is 10.4. The van der Waals surface area contributed by atoms with Gasteiger partial charge in [0.25, 0.3) is 0 Å². The van der Waals surface area contributed by atoms with Crippen molar-refractivity contribution in [3.05, 3.63) is 41.2 Å². The van der Waals surface area contributed by atoms with Crippen molar-refractivity contribution in [2.24, 2.45) is 0 Å². The number of hydrogen-bond donors (Lipinski definition) is 11. The monoisotopic (exact) mass is 612 g/mol. The summed E-state index contributed by atoms with van der Waals surface area (Å²) in [5.41, 5.74) is 0.0388. The number of aromatic hydroxyl groups is 5. The molecule has 3 aliphatic heterocycles. The summed E-state index contributed by atoms with van der Waals surface area (Å²) in [6, 6.07) is 4.67. The fourth-order valence-electron chi connectivity index (χ4n) is 4.93. The van der Waals surface area contributed by atoms with Gasteiger partial charge < -0.3 is 79.9 Å². The van der Waals surface area contributed by atoms with E-state index in [2.05, 4.69) is 0 Å². The van der Waals surface area contributed by atoms with Crippen molar-refractivity contribution in [1.29, 1.82) is 0 Å². The van der Waals surface area contributed by atoms with E-state index in [0.717, 1.165) is 18.2 Å². The number of fused-ring (bicyclic) bond motifs is 1. The SMILES string of the molecule is C[C@@H]1O[C@@H](OC[C@H]2O[C@@H](OC3=Cc4c(cc(O)c(O)c4O)OC3c3ccc(O)c(O)c3)[C@H](O)[C@H](O)[C@@H]2O)[C@H](O)[C@@H](O)[C@H]1O. The van der Waals surface area contributed by atoms with Gasteiger partial charge in [-0.3, -0.25) is 0 Å². The van der Waals surface area contributed by atoms with E-state index in [9.17, 15) is 56.2 Å². The molecule has 3 heterocycles. The van der Waals surface area contributed by atoms with E-state index in [1.165, 1.54) is 19.1 Å². The number of benzene rings is 2. The molecule has 2 fully saturated rings. The van der Waals surface area contributed by atoms with Gasteiger partial charge >= 0.3 is 0 Å². The van der Waals surface area contributed by atoms with E-state index in [4.69, 9.17) is 23.7 Å². The number of aliphatic hydroxyl groups excluding tert-OH is 6. The number of aliphatic hydroxyl groups is 6. The average molecular weight is 613 g/mol. The fourth-order valence-corrected chi connectivity index (χ4v) is 4.93. The molecule has 0 aliphatic carbocycles. The molecule has 5 rings (SSSR count). The summed E-state index contributed by atoms with van der Waals surface area (Å²) < 4.78 is 28.2. The van der Waals surface area contributed by atoms with Gasteiger partial charge in [-0.15, -0.1) is 0 Å². The molecule has 0 aromatic heterocycles. The Morgan fingerprint density at radius 3 is 2.07 bits per heavy atom. The fraction of sp³-hybridized carbons (Fsp3) is 0.481. The predicted molar refractivity (Wildman–Crippen MR) is 139 cm³/mol. The zero-order valence-corrected chi connectivity index (χ0v) is 22.4. The van der Waals surface area contributed by atoms with Gasteiger partial charge in [0.05, 0.1) is 18.3 Å². The van der Waals surface area contributed by atoms with Crippen molar-refractivity contribution in [2.75, 3.05) is 6.61 Å². The highest BCUT2D eigenvalue weighted by atomic mass is 16.7. The maximum atomic E-state index is 10.7. The molecule has 0 radical (unpaired) electrons. The largest absolute Gasteiger partial charge is 0.504 e. The zero-order chi connectivity index (χ0) is 31.3. The molecule has 16 nitrogen and oxygen atoms in total. The van der Waals surface area contributed by atoms with Crippen LogP contribution in [0, 0.1) is 0 Å². The van der Waals surface area contributed by atoms with Crippen LogP contribution in [-0.2, 0) is 18.9 Å². The molecule has 11 atom stereocenters. The third kappa shape index (κ3) is 5.72. The number of phenolic OH excluding ortho intramolecular Hbond substituents is 5. The predicted octanol–water partition coefficient (Wildman–Crippen LogP) is -1.64. The molecule has 0 bridgehead atoms. The quantitative estimate of drug-likeness (QED) is 0.163. The molecule has 2 aromatic carbocycles. The lowest BCUT2D eigenvalue weighted by Crippen LogP contribution is -2.61. The molecule has 1 unspecified atom stereocenters. The van der Waals surface area contributed by atoms with Crippen molar-refractivity contribution in [3.63, 3.8) is 0 Å². The number of rotatable bonds is 6. The average Bonchev–Trinajstić information content (AvgIpc) is 2.98. The Morgan fingerprint density at radius 2 is 1.37 bits per heavy atom. The lowest BCUT2D eigenvalue weighted by Gasteiger charge is -2.43. The highest BCUT2D eigenvalue weighted by molar-refractivity contribution is 5.74. The normalized spacial score (nSPS) is 35.9. The molecule has 2 saturated heterocycles. The second-order valence-electron chi connectivity index (χ2n) is 10.4. The number of phenols is 5. The van der Waals surface area contributed by atoms with Crippen LogP contribution in [0.5, 0.6) is 34.5 Å². The molecule has 0 amide bonds. The lowest BCUT2D eigenvalue weighted by atomic mass is 9.98. The molecular weight excluding hydrogens is 580 g/mol. The zero-order valence-electron chi connectivity index (χ0n) is 22.4. The Hall–Kier alpha value is -3.58. The Kier molecular flexibility index (Phi) is 8.50. The van der Waals surface area contributed by atoms with Crippen LogP contribution >= 0.6 is 0 Å². The maximum Gasteiger partial charge on any atom is 0.228 e. The van der Waals surface area contributed by atoms with Crippen LogP contribution in [0.15, 0.2) is 30.0 Å². The standard InChI is InChI=1S/C27H32O16/c1-8-17(31)21(35)23(37)26(40-8)39-7-16-20(34)22(36)24(38)27(43-16)42-15-5-10-14(6-13(30)19(33)18(10)32)41-25(15)9-2-3-11(28)12(29)4-9/h2-6,8,16-17,20-38H,7H2,1H3/t8-,16+,17-,20+,21-,22+,23+,24+,25?,26+,27+/m0/s1. The number of hydrogen-bond acceptors (Lipinski definition) is 16. The van der Waals surface area contributed by atoms with Crippen molar-refractivity contribution in [1.82, 2.24) is 0 Å². The van der Waals surface area contributed by atoms with Crippen molar-refractivity contribution in [3.8, 4) is 34.5 Å². The highest BCUT2D eigenvalue weighted by Gasteiger charge is 2.48. The molecule has 11 N–H and O–H groups in total. The van der Waals surface area contributed by atoms with Gasteiger partial charge in [0, 0.05) is 11.6 Å². The summed E-state index contributed by atoms with van der Waals surface area (Å²) in [7, 11) is 0. The smallest absolute Gasteiger partial charge is 0.228 e. The molecule has 0 saturated carbocycles. The van der Waals surface area contributed by atoms with Gasteiger partial charge in [0.15, 0.2) is 35.4 Å². The summed E-state index contributed by atoms with van der Waals surface area (Å²) in [5.74, 6) is -3.62. The van der Waals surface area contributed by atoms with Crippen molar-refractivity contribution in [2.45, 2.75) is 74.4 Å². The van der Waals surface area contributed by atoms with Gasteiger partial charge in [-0.25, -0.2) is 0 Å². The minimum Gasteiger partial charge on any atom is -0.504 e. The molecule has 0 spiro atoms. The topological polar surface area (TPSA) is 269 Å². The first-order chi connectivity index (χ1) is 20.3. The molecule has 16 heteroatoms. The second kappa shape index (κ2) is 11.8. The first-order valence-corrected chi connectivity index (χ1v) is 13.1. The summed E-state index contributed by atoms with van der Waals surface area (Å²) >= 11 is 0. The molecule has 43 heavy (non-hydrogen) atoms. The third-order valence-electron chi connectivity index (χ3n) is 7.50. The molecule has 236 valence electrons. The van der Waals surface area contributed by atoms with Crippen LogP contribution in [-0.4, -0.2) is 124 Å². The Balaban J connectivity index is 1.41. The van der Waals surface area contributed by atoms with E-state index in [1.807, 2.05) is 0 Å². The Morgan fingerprint density at radius 1 is 0.698 bits per heavy atom. The minimum atomic E-state index is -1.86. The summed E-state index contributed by atoms with van der Waals surface area (Å²) in [5, 5.41) is 112. The van der Waals surface area contributed by atoms with Gasteiger partial charge in [0.2, 0.25) is 12.0 Å². The van der Waals surface area contributed by atoms with Crippen molar-refractivity contribution < 1.29 is 79.9 Å². The van der Waals surface area contributed by atoms with E-state index in [-0.39, 0.29) is 22.6 Å². The van der Waals surface area contributed by atoms with Crippen LogP contribution in [0.2, 0.25) is 0 Å². The van der Waals surface area contributed by atoms with E-state index in [0.29, 0.717) is 0 Å². The Bertz CT molecular complexity index is 1360. The van der Waals surface area contributed by atoms with Crippen LogP contribution in [0.4, 0.5) is 0 Å². The lowest BCUT2D eigenvalue weighted by molar-refractivity contribution is -0.324. The minimum absolute atomic E-state index is 0.114. The van der Waals surface area contributed by atoms with Gasteiger partial charge in [-0.1, -0.05) is 6.07 Å². The maximum absolute atomic E-state index is 10.7. The number of ether oxygens (including phenoxy) is 5. The highest BCUT2D eigenvalue weighted by Crippen LogP contribution is 2.49. The van der Waals surface area contributed by atoms with Crippen LogP contribution < -0.4 is 4.74 Å². The van der Waals surface area contributed by atoms with Crippen LogP contribution in [0.25, 0.3) is 6.08 Å². The van der Waals surface area contributed by atoms with E-state index >= 15 is 0 Å². The first-order valence-electron chi connectivity index (χ1n) is 13.1.